The number of amides is 2. The fraction of sp³-hybridized carbons (Fsp3) is 0.111. The molecule has 0 atom stereocenters. The second-order valence-corrected chi connectivity index (χ2v) is 7.72. The molecular formula is C18H15BrN2O3S. The summed E-state index contributed by atoms with van der Waals surface area (Å²) in [5.41, 5.74) is 0.691. The third-order valence-electron chi connectivity index (χ3n) is 3.39. The number of benzene rings is 1. The van der Waals surface area contributed by atoms with Gasteiger partial charge in [0.1, 0.15) is 12.3 Å². The first kappa shape index (κ1) is 17.4. The molecule has 7 heteroatoms. The number of anilines is 1. The Morgan fingerprint density at radius 1 is 1.08 bits per heavy atom. The number of carbonyl (C=O) groups is 2. The van der Waals surface area contributed by atoms with Gasteiger partial charge in [0.25, 0.3) is 5.91 Å². The molecule has 0 aliphatic rings. The molecule has 2 heterocycles. The summed E-state index contributed by atoms with van der Waals surface area (Å²) in [6.45, 7) is 0.160. The summed E-state index contributed by atoms with van der Waals surface area (Å²) in [6, 6.07) is 16.2. The van der Waals surface area contributed by atoms with Crippen LogP contribution < -0.4 is 5.32 Å². The average Bonchev–Trinajstić information content (AvgIpc) is 3.26. The van der Waals surface area contributed by atoms with Gasteiger partial charge in [-0.2, -0.15) is 0 Å². The van der Waals surface area contributed by atoms with Crippen LogP contribution in [0.4, 0.5) is 5.69 Å². The number of hydrogen-bond acceptors (Lipinski definition) is 4. The first-order valence-corrected chi connectivity index (χ1v) is 9.14. The molecule has 25 heavy (non-hydrogen) atoms. The summed E-state index contributed by atoms with van der Waals surface area (Å²) in [5, 5.41) is 2.79. The number of nitrogens with one attached hydrogen (secondary N) is 1. The summed E-state index contributed by atoms with van der Waals surface area (Å²) in [7, 11) is 0. The molecule has 128 valence electrons. The highest BCUT2D eigenvalue weighted by molar-refractivity contribution is 9.11. The van der Waals surface area contributed by atoms with Gasteiger partial charge >= 0.3 is 0 Å². The summed E-state index contributed by atoms with van der Waals surface area (Å²) < 4.78 is 6.19. The molecule has 3 rings (SSSR count). The molecule has 5 nitrogen and oxygen atoms in total. The third-order valence-corrected chi connectivity index (χ3v) is 5.00. The van der Waals surface area contributed by atoms with Crippen LogP contribution in [-0.4, -0.2) is 23.3 Å². The Morgan fingerprint density at radius 2 is 1.88 bits per heavy atom. The number of rotatable bonds is 6. The lowest BCUT2D eigenvalue weighted by molar-refractivity contribution is -0.117. The lowest BCUT2D eigenvalue weighted by Crippen LogP contribution is -2.37. The second kappa shape index (κ2) is 8.13. The van der Waals surface area contributed by atoms with Crippen molar-refractivity contribution in [3.05, 3.63) is 75.3 Å². The molecule has 0 aliphatic carbocycles. The standard InChI is InChI=1S/C18H15BrN2O3S/c19-16-9-8-15(25-16)18(23)21(11-14-7-4-10-24-14)12-17(22)20-13-5-2-1-3-6-13/h1-10H,11-12H2,(H,20,22). The lowest BCUT2D eigenvalue weighted by Gasteiger charge is -2.20. The Bertz CT molecular complexity index is 846. The maximum Gasteiger partial charge on any atom is 0.264 e. The monoisotopic (exact) mass is 418 g/mol. The van der Waals surface area contributed by atoms with E-state index in [-0.39, 0.29) is 24.9 Å². The molecule has 0 saturated carbocycles. The molecule has 0 bridgehead atoms. The van der Waals surface area contributed by atoms with Crippen molar-refractivity contribution < 1.29 is 14.0 Å². The molecule has 0 saturated heterocycles. The predicted octanol–water partition coefficient (Wildman–Crippen LogP) is 4.38. The van der Waals surface area contributed by atoms with Crippen LogP contribution in [0.3, 0.4) is 0 Å². The van der Waals surface area contributed by atoms with E-state index < -0.39 is 0 Å². The van der Waals surface area contributed by atoms with E-state index in [4.69, 9.17) is 4.42 Å². The van der Waals surface area contributed by atoms with E-state index in [0.29, 0.717) is 16.3 Å². The molecular weight excluding hydrogens is 404 g/mol. The second-order valence-electron chi connectivity index (χ2n) is 5.26. The molecule has 1 N–H and O–H groups in total. The van der Waals surface area contributed by atoms with Crippen LogP contribution in [0.2, 0.25) is 0 Å². The Labute approximate surface area is 157 Å². The highest BCUT2D eigenvalue weighted by Crippen LogP contribution is 2.24. The largest absolute Gasteiger partial charge is 0.467 e. The normalized spacial score (nSPS) is 10.4. The zero-order chi connectivity index (χ0) is 17.6. The molecule has 0 spiro atoms. The number of thiophene rings is 1. The fourth-order valence-electron chi connectivity index (χ4n) is 2.27. The number of carbonyl (C=O) groups excluding carboxylic acids is 2. The quantitative estimate of drug-likeness (QED) is 0.645. The maximum absolute atomic E-state index is 12.8. The van der Waals surface area contributed by atoms with Crippen LogP contribution in [0.5, 0.6) is 0 Å². The van der Waals surface area contributed by atoms with Crippen molar-refractivity contribution in [2.45, 2.75) is 6.54 Å². The molecule has 0 radical (unpaired) electrons. The van der Waals surface area contributed by atoms with E-state index in [1.165, 1.54) is 16.2 Å². The molecule has 0 aliphatic heterocycles. The Hall–Kier alpha value is -2.38. The summed E-state index contributed by atoms with van der Waals surface area (Å²) >= 11 is 4.69. The van der Waals surface area contributed by atoms with Gasteiger partial charge in [-0.25, -0.2) is 0 Å². The fourth-order valence-corrected chi connectivity index (χ4v) is 3.62. The average molecular weight is 419 g/mol. The first-order chi connectivity index (χ1) is 12.1. The van der Waals surface area contributed by atoms with Crippen molar-refractivity contribution in [2.24, 2.45) is 0 Å². The van der Waals surface area contributed by atoms with Crippen LogP contribution in [0.15, 0.2) is 69.1 Å². The van der Waals surface area contributed by atoms with E-state index in [0.717, 1.165) is 3.79 Å². The van der Waals surface area contributed by atoms with E-state index >= 15 is 0 Å². The molecule has 1 aromatic carbocycles. The molecule has 0 fully saturated rings. The zero-order valence-corrected chi connectivity index (χ0v) is 15.5. The van der Waals surface area contributed by atoms with Gasteiger partial charge in [-0.1, -0.05) is 18.2 Å². The van der Waals surface area contributed by atoms with Gasteiger partial charge in [0.15, 0.2) is 0 Å². The predicted molar refractivity (Wildman–Crippen MR) is 101 cm³/mol. The van der Waals surface area contributed by atoms with Crippen molar-refractivity contribution in [1.82, 2.24) is 4.90 Å². The van der Waals surface area contributed by atoms with E-state index in [1.54, 1.807) is 36.6 Å². The van der Waals surface area contributed by atoms with Crippen molar-refractivity contribution in [1.29, 1.82) is 0 Å². The Balaban J connectivity index is 1.73. The van der Waals surface area contributed by atoms with Crippen molar-refractivity contribution in [3.8, 4) is 0 Å². The number of furan rings is 1. The van der Waals surface area contributed by atoms with Crippen LogP contribution in [-0.2, 0) is 11.3 Å². The van der Waals surface area contributed by atoms with Gasteiger partial charge in [-0.15, -0.1) is 11.3 Å². The van der Waals surface area contributed by atoms with Gasteiger partial charge < -0.3 is 14.6 Å². The van der Waals surface area contributed by atoms with E-state index in [2.05, 4.69) is 21.2 Å². The minimum atomic E-state index is -0.262. The number of hydrogen-bond donors (Lipinski definition) is 1. The van der Waals surface area contributed by atoms with Crippen molar-refractivity contribution in [2.75, 3.05) is 11.9 Å². The van der Waals surface area contributed by atoms with E-state index in [9.17, 15) is 9.59 Å². The van der Waals surface area contributed by atoms with Crippen LogP contribution in [0.25, 0.3) is 0 Å². The Kier molecular flexibility index (Phi) is 5.67. The van der Waals surface area contributed by atoms with Gasteiger partial charge in [-0.3, -0.25) is 9.59 Å². The molecule has 2 amide bonds. The maximum atomic E-state index is 12.8. The SMILES string of the molecule is O=C(CN(Cc1ccco1)C(=O)c1ccc(Br)s1)Nc1ccccc1. The lowest BCUT2D eigenvalue weighted by atomic mass is 10.3. The van der Waals surface area contributed by atoms with Crippen molar-refractivity contribution >= 4 is 44.8 Å². The zero-order valence-electron chi connectivity index (χ0n) is 13.1. The van der Waals surface area contributed by atoms with E-state index in [1.807, 2.05) is 24.3 Å². The molecule has 3 aromatic rings. The Morgan fingerprint density at radius 3 is 2.52 bits per heavy atom. The number of para-hydroxylation sites is 1. The summed E-state index contributed by atoms with van der Waals surface area (Å²) in [4.78, 5) is 27.1. The number of halogens is 1. The van der Waals surface area contributed by atoms with Crippen LogP contribution in [0, 0.1) is 0 Å². The minimum absolute atomic E-state index is 0.0655. The first-order valence-electron chi connectivity index (χ1n) is 7.54. The van der Waals surface area contributed by atoms with Crippen LogP contribution >= 0.6 is 27.3 Å². The molecule has 0 unspecified atom stereocenters. The van der Waals surface area contributed by atoms with Gasteiger partial charge in [0.2, 0.25) is 5.91 Å². The number of nitrogens with zero attached hydrogens (tertiary/aromatic N) is 1. The summed E-state index contributed by atoms with van der Waals surface area (Å²) in [6.07, 6.45) is 1.55. The molecule has 2 aromatic heterocycles. The highest BCUT2D eigenvalue weighted by atomic mass is 79.9. The van der Waals surface area contributed by atoms with Gasteiger partial charge in [0, 0.05) is 5.69 Å². The third kappa shape index (κ3) is 4.80. The van der Waals surface area contributed by atoms with Crippen LogP contribution in [0.1, 0.15) is 15.4 Å². The smallest absolute Gasteiger partial charge is 0.264 e. The van der Waals surface area contributed by atoms with Gasteiger partial charge in [0.05, 0.1) is 21.5 Å². The topological polar surface area (TPSA) is 62.6 Å². The summed E-state index contributed by atoms with van der Waals surface area (Å²) in [5.74, 6) is 0.147. The highest BCUT2D eigenvalue weighted by Gasteiger charge is 2.21. The minimum Gasteiger partial charge on any atom is -0.467 e. The van der Waals surface area contributed by atoms with Crippen molar-refractivity contribution in [3.63, 3.8) is 0 Å². The van der Waals surface area contributed by atoms with Gasteiger partial charge in [-0.05, 0) is 52.3 Å².